The van der Waals surface area contributed by atoms with Crippen LogP contribution in [0.3, 0.4) is 0 Å². The van der Waals surface area contributed by atoms with Gasteiger partial charge < -0.3 is 0 Å². The summed E-state index contributed by atoms with van der Waals surface area (Å²) < 4.78 is 307. The number of halogens is 19. The molecule has 0 amide bonds. The van der Waals surface area contributed by atoms with Crippen LogP contribution in [0.15, 0.2) is 48.5 Å². The molecule has 0 bridgehead atoms. The van der Waals surface area contributed by atoms with Gasteiger partial charge in [-0.2, -0.15) is 39.5 Å². The lowest BCUT2D eigenvalue weighted by Crippen LogP contribution is -2.14. The highest BCUT2D eigenvalue weighted by molar-refractivity contribution is 6.36. The van der Waals surface area contributed by atoms with E-state index in [0.717, 1.165) is 30.3 Å². The van der Waals surface area contributed by atoms with Crippen molar-refractivity contribution < 1.29 is 83.4 Å². The summed E-state index contributed by atoms with van der Waals surface area (Å²) in [5, 5.41) is 53.4. The number of rotatable bonds is 6. The molecule has 0 heterocycles. The molecule has 9 rings (SSSR count). The number of benzene rings is 7. The van der Waals surface area contributed by atoms with Crippen molar-refractivity contribution in [3.05, 3.63) is 265 Å². The number of nitrogens with zero attached hydrogens (tertiary/aromatic N) is 8. The van der Waals surface area contributed by atoms with E-state index >= 15 is 70.2 Å². The van der Waals surface area contributed by atoms with Gasteiger partial charge in [0.2, 0.25) is 5.70 Å². The molecule has 0 aromatic heterocycles. The second kappa shape index (κ2) is 21.4. The fraction of sp³-hybridized carbons (Fsp3) is 0.0333. The van der Waals surface area contributed by atoms with Crippen LogP contribution in [0.5, 0.6) is 0 Å². The van der Waals surface area contributed by atoms with Gasteiger partial charge in [-0.1, -0.05) is 42.0 Å². The molecule has 0 unspecified atom stereocenters. The fourth-order valence-corrected chi connectivity index (χ4v) is 10.1. The molecule has 0 spiro atoms. The van der Waals surface area contributed by atoms with Crippen molar-refractivity contribution in [3.63, 3.8) is 0 Å². The molecule has 0 aliphatic heterocycles. The Balaban J connectivity index is 1.73. The van der Waals surface area contributed by atoms with Gasteiger partial charge in [0, 0.05) is 39.0 Å². The van der Waals surface area contributed by atoms with Crippen LogP contribution in [0.1, 0.15) is 89.0 Å². The van der Waals surface area contributed by atoms with Gasteiger partial charge in [-0.15, -0.1) is 0 Å². The zero-order chi connectivity index (χ0) is 64.1. The molecule has 0 atom stereocenters. The van der Waals surface area contributed by atoms with Gasteiger partial charge in [-0.3, -0.25) is 0 Å². The van der Waals surface area contributed by atoms with Crippen molar-refractivity contribution in [2.24, 2.45) is 0 Å². The minimum Gasteiger partial charge on any atom is -0.237 e. The summed E-state index contributed by atoms with van der Waals surface area (Å²) in [5.74, 6) is -45.6. The Morgan fingerprint density at radius 3 is 1.00 bits per heavy atom. The molecule has 0 radical (unpaired) electrons. The van der Waals surface area contributed by atoms with E-state index in [0.29, 0.717) is 18.2 Å². The van der Waals surface area contributed by atoms with E-state index < -0.39 is 239 Å². The third-order valence-electron chi connectivity index (χ3n) is 13.7. The van der Waals surface area contributed by atoms with Crippen LogP contribution >= 0.6 is 0 Å². The lowest BCUT2D eigenvalue weighted by atomic mass is 9.79. The van der Waals surface area contributed by atoms with E-state index in [4.69, 9.17) is 19.7 Å². The Morgan fingerprint density at radius 2 is 0.678 bits per heavy atom. The average molecular weight is 1200 g/mol. The maximum Gasteiger partial charge on any atom is 0.416 e. The molecule has 0 saturated heterocycles. The highest BCUT2D eigenvalue weighted by Crippen LogP contribution is 2.62. The standard InChI is InChI=1S/C60H11F19N8/c1-18-5-7-20(8-6-18)28-34(36(38-47(67)43(63)26(17-84)44(64)48(38)68)40-51(71)55(75)59(87-4)56(76)52(40)72)31-23(14-81)29-22(13-80)27(19-9-11-21(12-10-19)60(77,78)79)33(30(29)24(15-82)32(31)57(28)85-2)35(37-45(65)41(61)25(16-83)42(62)46(37)66)39-49(69)53(73)58(86-3)54(74)50(39)70/h5-12H,1H3/b35-33-,36-34+. The summed E-state index contributed by atoms with van der Waals surface area (Å²) in [6.45, 7) is 24.3. The zero-order valence-corrected chi connectivity index (χ0v) is 41.9. The molecule has 424 valence electrons. The highest BCUT2D eigenvalue weighted by atomic mass is 19.4. The highest BCUT2D eigenvalue weighted by Gasteiger charge is 2.48. The third-order valence-corrected chi connectivity index (χ3v) is 13.7. The normalized spacial score (nSPS) is 13.6. The van der Waals surface area contributed by atoms with E-state index in [2.05, 4.69) is 14.5 Å². The summed E-state index contributed by atoms with van der Waals surface area (Å²) >= 11 is 0. The van der Waals surface area contributed by atoms with Gasteiger partial charge in [0.1, 0.15) is 35.4 Å². The topological polar surface area (TPSA) is 132 Å². The summed E-state index contributed by atoms with van der Waals surface area (Å²) in [4.78, 5) is 7.94. The molecule has 27 heteroatoms. The fourth-order valence-electron chi connectivity index (χ4n) is 10.1. The first-order chi connectivity index (χ1) is 41.1. The number of fused-ring (bicyclic) bond motifs is 2. The van der Waals surface area contributed by atoms with Crippen LogP contribution in [-0.4, -0.2) is 0 Å². The summed E-state index contributed by atoms with van der Waals surface area (Å²) in [6.07, 6.45) is -5.31. The van der Waals surface area contributed by atoms with Crippen LogP contribution in [0.25, 0.3) is 59.2 Å². The monoisotopic (exact) mass is 1200 g/mol. The van der Waals surface area contributed by atoms with Crippen LogP contribution in [0.2, 0.25) is 0 Å². The molecule has 7 aromatic rings. The first-order valence-corrected chi connectivity index (χ1v) is 23.2. The van der Waals surface area contributed by atoms with E-state index in [-0.39, 0.29) is 17.7 Å². The average Bonchev–Trinajstić information content (AvgIpc) is 1.57. The number of hydrogen-bond acceptors (Lipinski definition) is 5. The first-order valence-electron chi connectivity index (χ1n) is 23.2. The van der Waals surface area contributed by atoms with Gasteiger partial charge in [0.15, 0.2) is 93.1 Å². The minimum atomic E-state index is -5.31. The summed E-state index contributed by atoms with van der Waals surface area (Å²) in [7, 11) is 0. The van der Waals surface area contributed by atoms with Crippen molar-refractivity contribution >= 4 is 56.1 Å². The third kappa shape index (κ3) is 8.40. The van der Waals surface area contributed by atoms with Crippen molar-refractivity contribution in [1.82, 2.24) is 0 Å². The van der Waals surface area contributed by atoms with Crippen molar-refractivity contribution in [1.29, 1.82) is 26.3 Å². The molecular weight excluding hydrogens is 1190 g/mol. The predicted molar refractivity (Wildman–Crippen MR) is 263 cm³/mol. The predicted octanol–water partition coefficient (Wildman–Crippen LogP) is 17.0. The molecule has 2 aliphatic rings. The molecule has 0 N–H and O–H groups in total. The molecule has 87 heavy (non-hydrogen) atoms. The van der Waals surface area contributed by atoms with Gasteiger partial charge in [0.05, 0.1) is 70.3 Å². The van der Waals surface area contributed by atoms with Crippen LogP contribution in [0, 0.1) is 176 Å². The molecular formula is C60H11F19N8. The molecule has 8 nitrogen and oxygen atoms in total. The number of hydrogen-bond donors (Lipinski definition) is 0. The van der Waals surface area contributed by atoms with E-state index in [1.807, 2.05) is 0 Å². The Labute approximate surface area is 472 Å². The van der Waals surface area contributed by atoms with E-state index in [1.165, 1.54) is 25.1 Å². The zero-order valence-electron chi connectivity index (χ0n) is 41.9. The van der Waals surface area contributed by atoms with Gasteiger partial charge in [-0.05, 0) is 46.9 Å². The van der Waals surface area contributed by atoms with Gasteiger partial charge in [-0.25, -0.2) is 84.8 Å². The number of nitriles is 5. The Kier molecular flexibility index (Phi) is 14.7. The van der Waals surface area contributed by atoms with Crippen LogP contribution in [-0.2, 0) is 6.18 Å². The van der Waals surface area contributed by atoms with Crippen LogP contribution < -0.4 is 0 Å². The number of aryl methyl sites for hydroxylation is 1. The van der Waals surface area contributed by atoms with Crippen LogP contribution in [0.4, 0.5) is 94.8 Å². The van der Waals surface area contributed by atoms with Crippen molar-refractivity contribution in [2.75, 3.05) is 0 Å². The number of alkyl halides is 3. The molecule has 0 fully saturated rings. The Hall–Kier alpha value is -11.9. The lowest BCUT2D eigenvalue weighted by Gasteiger charge is -2.23. The van der Waals surface area contributed by atoms with E-state index in [9.17, 15) is 39.5 Å². The second-order valence-electron chi connectivity index (χ2n) is 18.0. The minimum absolute atomic E-state index is 0.141. The largest absolute Gasteiger partial charge is 0.416 e. The summed E-state index contributed by atoms with van der Waals surface area (Å²) in [5.41, 5.74) is -44.9. The first kappa shape index (κ1) is 59.7. The Morgan fingerprint density at radius 1 is 0.368 bits per heavy atom. The smallest absolute Gasteiger partial charge is 0.237 e. The van der Waals surface area contributed by atoms with Crippen molar-refractivity contribution in [3.8, 4) is 30.3 Å². The summed E-state index contributed by atoms with van der Waals surface area (Å²) in [6, 6.07) is 10.5. The maximum atomic E-state index is 17.0. The Bertz CT molecular complexity index is 4650. The molecule has 0 saturated carbocycles. The second-order valence-corrected chi connectivity index (χ2v) is 18.0. The van der Waals surface area contributed by atoms with E-state index in [1.54, 1.807) is 0 Å². The molecule has 7 aromatic carbocycles. The number of allylic oxidation sites excluding steroid dienone is 5. The quantitative estimate of drug-likeness (QED) is 0.0929. The molecule has 2 aliphatic carbocycles. The SMILES string of the molecule is [C-]#[N+]C1=C(c2ccc(C)cc2)/C(=C(/c2c(F)c(F)c(C#N)c(F)c2F)c2c(F)c(F)c([N+]#[C-])c(F)c2F)c2c(C#N)c3c(c(C#N)c21)/C(=C(/c1c(F)c(F)c(C#N)c(F)c1F)c1c(F)c(F)c([N+]#[C-])c(F)c1F)C(c1ccc(C(F)(F)F)cc1)=C3C#N. The maximum absolute atomic E-state index is 17.0. The lowest BCUT2D eigenvalue weighted by molar-refractivity contribution is -0.137. The van der Waals surface area contributed by atoms with Crippen molar-refractivity contribution in [2.45, 2.75) is 13.1 Å². The van der Waals surface area contributed by atoms with Gasteiger partial charge >= 0.3 is 6.18 Å². The van der Waals surface area contributed by atoms with Gasteiger partial charge in [0.25, 0.3) is 11.4 Å².